The van der Waals surface area contributed by atoms with Crippen LogP contribution < -0.4 is 5.73 Å². The molecule has 2 aliphatic rings. The molecule has 4 heteroatoms. The maximum Gasteiger partial charge on any atom is 0.323 e. The quantitative estimate of drug-likeness (QED) is 0.723. The summed E-state index contributed by atoms with van der Waals surface area (Å²) in [6, 6.07) is 1.10. The second-order valence-corrected chi connectivity index (χ2v) is 4.92. The van der Waals surface area contributed by atoms with Crippen LogP contribution in [0.3, 0.4) is 0 Å². The summed E-state index contributed by atoms with van der Waals surface area (Å²) in [5.41, 5.74) is 4.91. The third-order valence-electron chi connectivity index (χ3n) is 3.80. The lowest BCUT2D eigenvalue weighted by Crippen LogP contribution is -2.47. The second kappa shape index (κ2) is 3.76. The Bertz CT molecular complexity index is 265. The number of nitrogens with two attached hydrogens (primary N) is 1. The van der Waals surface area contributed by atoms with Gasteiger partial charge in [0.15, 0.2) is 0 Å². The first-order valence-corrected chi connectivity index (χ1v) is 5.85. The van der Waals surface area contributed by atoms with Gasteiger partial charge in [-0.2, -0.15) is 0 Å². The van der Waals surface area contributed by atoms with E-state index in [4.69, 9.17) is 10.8 Å². The Morgan fingerprint density at radius 1 is 1.47 bits per heavy atom. The Morgan fingerprint density at radius 3 is 2.53 bits per heavy atom. The summed E-state index contributed by atoms with van der Waals surface area (Å²) in [6.45, 7) is 3.17. The van der Waals surface area contributed by atoms with Gasteiger partial charge in [0, 0.05) is 12.1 Å². The molecule has 0 aromatic rings. The number of carbonyl (C=O) groups is 1. The van der Waals surface area contributed by atoms with Gasteiger partial charge in [-0.3, -0.25) is 9.69 Å². The minimum atomic E-state index is -0.965. The average Bonchev–Trinajstić information content (AvgIpc) is 2.92. The zero-order chi connectivity index (χ0) is 11.1. The number of carboxylic acid groups (broad SMARTS) is 1. The zero-order valence-electron chi connectivity index (χ0n) is 9.28. The van der Waals surface area contributed by atoms with E-state index in [1.165, 1.54) is 12.8 Å². The standard InChI is InChI=1S/C11H20N2O2/c1-2-13(8-3-4-8)9-5-6-11(12,7-9)10(14)15/h8-9H,2-7,12H2,1H3,(H,14,15). The van der Waals surface area contributed by atoms with Crippen molar-refractivity contribution in [3.05, 3.63) is 0 Å². The van der Waals surface area contributed by atoms with E-state index in [2.05, 4.69) is 11.8 Å². The molecule has 86 valence electrons. The molecule has 4 nitrogen and oxygen atoms in total. The average molecular weight is 212 g/mol. The van der Waals surface area contributed by atoms with Crippen LogP contribution in [0.2, 0.25) is 0 Å². The van der Waals surface area contributed by atoms with Crippen LogP contribution in [0.15, 0.2) is 0 Å². The molecule has 2 saturated carbocycles. The molecule has 0 spiro atoms. The molecule has 2 fully saturated rings. The van der Waals surface area contributed by atoms with Crippen molar-refractivity contribution in [1.82, 2.24) is 4.90 Å². The summed E-state index contributed by atoms with van der Waals surface area (Å²) >= 11 is 0. The van der Waals surface area contributed by atoms with Crippen molar-refractivity contribution in [3.63, 3.8) is 0 Å². The van der Waals surface area contributed by atoms with E-state index in [9.17, 15) is 4.79 Å². The number of nitrogens with zero attached hydrogens (tertiary/aromatic N) is 1. The highest BCUT2D eigenvalue weighted by Crippen LogP contribution is 2.37. The van der Waals surface area contributed by atoms with Gasteiger partial charge in [-0.1, -0.05) is 6.92 Å². The molecule has 0 bridgehead atoms. The molecule has 0 aliphatic heterocycles. The van der Waals surface area contributed by atoms with Crippen molar-refractivity contribution in [3.8, 4) is 0 Å². The first-order valence-electron chi connectivity index (χ1n) is 5.85. The van der Waals surface area contributed by atoms with Crippen LogP contribution in [0.4, 0.5) is 0 Å². The lowest BCUT2D eigenvalue weighted by atomic mass is 9.99. The Morgan fingerprint density at radius 2 is 2.13 bits per heavy atom. The lowest BCUT2D eigenvalue weighted by molar-refractivity contribution is -0.143. The topological polar surface area (TPSA) is 66.6 Å². The Kier molecular flexibility index (Phi) is 2.73. The van der Waals surface area contributed by atoms with Crippen molar-refractivity contribution in [2.24, 2.45) is 5.73 Å². The van der Waals surface area contributed by atoms with Crippen molar-refractivity contribution in [2.75, 3.05) is 6.54 Å². The summed E-state index contributed by atoms with van der Waals surface area (Å²) in [6.07, 6.45) is 4.72. The minimum absolute atomic E-state index is 0.392. The maximum atomic E-state index is 11.0. The number of rotatable bonds is 4. The van der Waals surface area contributed by atoms with Crippen LogP contribution in [0.1, 0.15) is 39.0 Å². The van der Waals surface area contributed by atoms with Crippen LogP contribution >= 0.6 is 0 Å². The number of hydrogen-bond donors (Lipinski definition) is 2. The molecule has 15 heavy (non-hydrogen) atoms. The third-order valence-corrected chi connectivity index (χ3v) is 3.80. The third kappa shape index (κ3) is 2.01. The molecule has 3 N–H and O–H groups in total. The molecular weight excluding hydrogens is 192 g/mol. The molecule has 0 aromatic carbocycles. The van der Waals surface area contributed by atoms with Crippen molar-refractivity contribution in [2.45, 2.75) is 56.7 Å². The van der Waals surface area contributed by atoms with Gasteiger partial charge in [0.2, 0.25) is 0 Å². The molecule has 0 amide bonds. The summed E-state index contributed by atoms with van der Waals surface area (Å²) in [4.78, 5) is 13.5. The SMILES string of the molecule is CCN(C1CC1)C1CCC(N)(C(=O)O)C1. The largest absolute Gasteiger partial charge is 0.480 e. The zero-order valence-corrected chi connectivity index (χ0v) is 9.28. The molecule has 2 aliphatic carbocycles. The van der Waals surface area contributed by atoms with E-state index in [1.54, 1.807) is 0 Å². The number of carboxylic acids is 1. The molecule has 2 rings (SSSR count). The van der Waals surface area contributed by atoms with Gasteiger partial charge in [-0.25, -0.2) is 0 Å². The highest BCUT2D eigenvalue weighted by molar-refractivity contribution is 5.79. The Labute approximate surface area is 90.4 Å². The van der Waals surface area contributed by atoms with E-state index in [0.717, 1.165) is 13.0 Å². The van der Waals surface area contributed by atoms with Crippen LogP contribution in [0, 0.1) is 0 Å². The summed E-state index contributed by atoms with van der Waals surface area (Å²) in [7, 11) is 0. The van der Waals surface area contributed by atoms with Gasteiger partial charge >= 0.3 is 5.97 Å². The Balaban J connectivity index is 1.99. The van der Waals surface area contributed by atoms with E-state index in [1.807, 2.05) is 0 Å². The van der Waals surface area contributed by atoms with E-state index in [-0.39, 0.29) is 0 Å². The Hall–Kier alpha value is -0.610. The summed E-state index contributed by atoms with van der Waals surface area (Å²) in [5.74, 6) is -0.836. The van der Waals surface area contributed by atoms with Crippen LogP contribution in [-0.4, -0.2) is 40.1 Å². The normalized spacial score (nSPS) is 36.1. The first kappa shape index (κ1) is 10.9. The predicted molar refractivity (Wildman–Crippen MR) is 57.6 cm³/mol. The highest BCUT2D eigenvalue weighted by atomic mass is 16.4. The van der Waals surface area contributed by atoms with Crippen LogP contribution in [-0.2, 0) is 4.79 Å². The fourth-order valence-electron chi connectivity index (χ4n) is 2.75. The van der Waals surface area contributed by atoms with Gasteiger partial charge in [0.05, 0.1) is 0 Å². The minimum Gasteiger partial charge on any atom is -0.480 e. The lowest BCUT2D eigenvalue weighted by Gasteiger charge is -2.28. The van der Waals surface area contributed by atoms with Crippen molar-refractivity contribution >= 4 is 5.97 Å². The van der Waals surface area contributed by atoms with Gasteiger partial charge in [-0.05, 0) is 38.6 Å². The van der Waals surface area contributed by atoms with Crippen LogP contribution in [0.5, 0.6) is 0 Å². The molecule has 0 radical (unpaired) electrons. The van der Waals surface area contributed by atoms with E-state index < -0.39 is 11.5 Å². The smallest absolute Gasteiger partial charge is 0.323 e. The fourth-order valence-corrected chi connectivity index (χ4v) is 2.75. The van der Waals surface area contributed by atoms with Gasteiger partial charge < -0.3 is 10.8 Å². The van der Waals surface area contributed by atoms with Crippen molar-refractivity contribution in [1.29, 1.82) is 0 Å². The highest BCUT2D eigenvalue weighted by Gasteiger charge is 2.46. The molecule has 0 saturated heterocycles. The summed E-state index contributed by atoms with van der Waals surface area (Å²) in [5, 5.41) is 9.06. The molecule has 2 unspecified atom stereocenters. The predicted octanol–water partition coefficient (Wildman–Crippen LogP) is 0.805. The van der Waals surface area contributed by atoms with Gasteiger partial charge in [0.1, 0.15) is 5.54 Å². The van der Waals surface area contributed by atoms with E-state index >= 15 is 0 Å². The van der Waals surface area contributed by atoms with Crippen molar-refractivity contribution < 1.29 is 9.90 Å². The van der Waals surface area contributed by atoms with Crippen LogP contribution in [0.25, 0.3) is 0 Å². The molecular formula is C11H20N2O2. The molecule has 0 aromatic heterocycles. The fraction of sp³-hybridized carbons (Fsp3) is 0.909. The van der Waals surface area contributed by atoms with Gasteiger partial charge in [0.25, 0.3) is 0 Å². The summed E-state index contributed by atoms with van der Waals surface area (Å²) < 4.78 is 0. The monoisotopic (exact) mass is 212 g/mol. The molecule has 0 heterocycles. The number of hydrogen-bond acceptors (Lipinski definition) is 3. The number of aliphatic carboxylic acids is 1. The maximum absolute atomic E-state index is 11.0. The van der Waals surface area contributed by atoms with E-state index in [0.29, 0.717) is 24.9 Å². The second-order valence-electron chi connectivity index (χ2n) is 4.92. The molecule has 2 atom stereocenters. The first-order chi connectivity index (χ1) is 7.07. The van der Waals surface area contributed by atoms with Gasteiger partial charge in [-0.15, -0.1) is 0 Å².